The van der Waals surface area contributed by atoms with Gasteiger partial charge in [-0.05, 0) is 27.7 Å². The summed E-state index contributed by atoms with van der Waals surface area (Å²) in [5.74, 6) is -3.40. The van der Waals surface area contributed by atoms with Gasteiger partial charge in [0, 0.05) is 13.8 Å². The van der Waals surface area contributed by atoms with Crippen LogP contribution in [0.25, 0.3) is 0 Å². The smallest absolute Gasteiger partial charge is 0.431 e. The maximum absolute atomic E-state index is 12.7. The number of hydrogen-bond donors (Lipinski definition) is 0. The van der Waals surface area contributed by atoms with E-state index in [0.29, 0.717) is 0 Å². The van der Waals surface area contributed by atoms with Gasteiger partial charge in [0.1, 0.15) is 16.2 Å². The van der Waals surface area contributed by atoms with Crippen molar-refractivity contribution in [1.82, 2.24) is 4.90 Å². The summed E-state index contributed by atoms with van der Waals surface area (Å²) in [6.45, 7) is 8.47. The van der Waals surface area contributed by atoms with Crippen LogP contribution in [0, 0.1) is 0 Å². The van der Waals surface area contributed by atoms with Crippen LogP contribution in [-0.4, -0.2) is 64.8 Å². The lowest BCUT2D eigenvalue weighted by molar-refractivity contribution is -0.208. The van der Waals surface area contributed by atoms with Crippen molar-refractivity contribution in [1.29, 1.82) is 0 Å². The van der Waals surface area contributed by atoms with Crippen LogP contribution >= 0.6 is 11.6 Å². The average molecular weight is 412 g/mol. The minimum Gasteiger partial charge on any atom is -0.431 e. The van der Waals surface area contributed by atoms with Crippen molar-refractivity contribution in [2.24, 2.45) is 0 Å². The van der Waals surface area contributed by atoms with Gasteiger partial charge in [-0.15, -0.1) is 11.6 Å². The van der Waals surface area contributed by atoms with Gasteiger partial charge in [0.15, 0.2) is 15.2 Å². The molecule has 0 aliphatic carbocycles. The lowest BCUT2D eigenvalue weighted by Crippen LogP contribution is -2.65. The Hall–Kier alpha value is -1.55. The van der Waals surface area contributed by atoms with Gasteiger partial charge in [-0.3, -0.25) is 4.79 Å². The van der Waals surface area contributed by atoms with E-state index in [2.05, 4.69) is 0 Å². The molecule has 2 heterocycles. The molecule has 0 spiro atoms. The number of sulfone groups is 1. The third-order valence-corrected chi connectivity index (χ3v) is 7.63. The second-order valence-electron chi connectivity index (χ2n) is 7.43. The summed E-state index contributed by atoms with van der Waals surface area (Å²) in [6, 6.07) is -1.40. The second-order valence-corrected chi connectivity index (χ2v) is 10.5. The number of carbonyl (C=O) groups excluding carboxylic acids is 3. The number of β-lactam (4-membered cyclic amide) rings is 1. The van der Waals surface area contributed by atoms with Crippen LogP contribution in [0.1, 0.15) is 41.5 Å². The lowest BCUT2D eigenvalue weighted by atomic mass is 9.98. The van der Waals surface area contributed by atoms with Crippen LogP contribution in [0.5, 0.6) is 0 Å². The summed E-state index contributed by atoms with van der Waals surface area (Å²) in [6.07, 6.45) is -1.48. The van der Waals surface area contributed by atoms with Gasteiger partial charge in [-0.2, -0.15) is 0 Å². The first-order chi connectivity index (χ1) is 11.6. The van der Waals surface area contributed by atoms with E-state index in [1.165, 1.54) is 27.7 Å². The van der Waals surface area contributed by atoms with Gasteiger partial charge in [-0.25, -0.2) is 18.0 Å². The first-order valence-electron chi connectivity index (χ1n) is 7.95. The van der Waals surface area contributed by atoms with Crippen molar-refractivity contribution in [2.45, 2.75) is 75.0 Å². The SMILES string of the molecule is CC(C)OC(=O)OC(C)(C)OC(=O)[C@@H]1N2C(=O)[C@@H](Cl)[C@H]2S(=O)(=O)C1(C)C. The van der Waals surface area contributed by atoms with E-state index in [4.69, 9.17) is 25.8 Å². The van der Waals surface area contributed by atoms with E-state index in [0.717, 1.165) is 4.90 Å². The standard InChI is InChI=1S/C15H22ClNO8S/c1-7(2)23-13(20)25-15(5,6)24-12(19)9-14(3,4)26(21,22)11-8(16)10(18)17(9)11/h7-9,11H,1-6H3/t8-,9+,11-/m1/s1. The number of fused-ring (bicyclic) bond motifs is 1. The molecule has 1 amide bonds. The number of ether oxygens (including phenoxy) is 3. The molecule has 0 aromatic heterocycles. The van der Waals surface area contributed by atoms with Crippen LogP contribution < -0.4 is 0 Å². The monoisotopic (exact) mass is 411 g/mol. The number of alkyl halides is 1. The van der Waals surface area contributed by atoms with Gasteiger partial charge >= 0.3 is 12.1 Å². The quantitative estimate of drug-likeness (QED) is 0.293. The molecule has 0 unspecified atom stereocenters. The molecule has 0 saturated carbocycles. The van der Waals surface area contributed by atoms with Crippen LogP contribution in [0.4, 0.5) is 4.79 Å². The van der Waals surface area contributed by atoms with Crippen molar-refractivity contribution < 1.29 is 37.0 Å². The Morgan fingerprint density at radius 3 is 2.27 bits per heavy atom. The molecule has 26 heavy (non-hydrogen) atoms. The van der Waals surface area contributed by atoms with E-state index in [1.807, 2.05) is 0 Å². The van der Waals surface area contributed by atoms with Gasteiger partial charge in [0.05, 0.1) is 6.10 Å². The van der Waals surface area contributed by atoms with Crippen LogP contribution in [0.15, 0.2) is 0 Å². The Bertz CT molecular complexity index is 745. The Labute approximate surface area is 156 Å². The van der Waals surface area contributed by atoms with Crippen LogP contribution in [-0.2, 0) is 33.6 Å². The highest BCUT2D eigenvalue weighted by molar-refractivity contribution is 7.94. The van der Waals surface area contributed by atoms with Crippen molar-refractivity contribution in [3.63, 3.8) is 0 Å². The lowest BCUT2D eigenvalue weighted by Gasteiger charge is -2.40. The van der Waals surface area contributed by atoms with E-state index < -0.39 is 61.3 Å². The molecule has 11 heteroatoms. The number of nitrogens with zero attached hydrogens (tertiary/aromatic N) is 1. The van der Waals surface area contributed by atoms with E-state index in [-0.39, 0.29) is 0 Å². The summed E-state index contributed by atoms with van der Waals surface area (Å²) < 4.78 is 38.6. The molecule has 0 bridgehead atoms. The Morgan fingerprint density at radius 2 is 1.77 bits per heavy atom. The molecule has 0 N–H and O–H groups in total. The maximum Gasteiger partial charge on any atom is 0.511 e. The zero-order chi connectivity index (χ0) is 20.2. The third-order valence-electron chi connectivity index (χ3n) is 4.23. The molecule has 2 rings (SSSR count). The van der Waals surface area contributed by atoms with Gasteiger partial charge in [0.25, 0.3) is 5.79 Å². The van der Waals surface area contributed by atoms with Crippen LogP contribution in [0.3, 0.4) is 0 Å². The highest BCUT2D eigenvalue weighted by Crippen LogP contribution is 2.48. The normalized spacial score (nSPS) is 29.0. The number of rotatable bonds is 4. The molecule has 0 radical (unpaired) electrons. The van der Waals surface area contributed by atoms with Crippen molar-refractivity contribution in [3.05, 3.63) is 0 Å². The van der Waals surface area contributed by atoms with E-state index >= 15 is 0 Å². The van der Waals surface area contributed by atoms with E-state index in [1.54, 1.807) is 13.8 Å². The Balaban J connectivity index is 2.21. The van der Waals surface area contributed by atoms with Crippen molar-refractivity contribution >= 4 is 39.5 Å². The molecule has 2 aliphatic heterocycles. The van der Waals surface area contributed by atoms with Gasteiger partial charge in [-0.1, -0.05) is 0 Å². The third kappa shape index (κ3) is 3.13. The highest BCUT2D eigenvalue weighted by atomic mass is 35.5. The highest BCUT2D eigenvalue weighted by Gasteiger charge is 2.72. The van der Waals surface area contributed by atoms with Crippen molar-refractivity contribution in [3.8, 4) is 0 Å². The molecular weight excluding hydrogens is 390 g/mol. The predicted molar refractivity (Wildman–Crippen MR) is 89.9 cm³/mol. The average Bonchev–Trinajstić information content (AvgIpc) is 2.57. The molecule has 2 fully saturated rings. The molecular formula is C15H22ClNO8S. The molecule has 2 saturated heterocycles. The fourth-order valence-electron chi connectivity index (χ4n) is 2.96. The zero-order valence-corrected chi connectivity index (χ0v) is 16.9. The molecule has 9 nitrogen and oxygen atoms in total. The fourth-order valence-corrected chi connectivity index (χ4v) is 5.70. The topological polar surface area (TPSA) is 116 Å². The zero-order valence-electron chi connectivity index (χ0n) is 15.3. The molecule has 2 aliphatic rings. The number of esters is 1. The van der Waals surface area contributed by atoms with Gasteiger partial charge in [0.2, 0.25) is 5.91 Å². The molecule has 0 aromatic rings. The van der Waals surface area contributed by atoms with Crippen LogP contribution in [0.2, 0.25) is 0 Å². The summed E-state index contributed by atoms with van der Waals surface area (Å²) in [5.41, 5.74) is 0. The number of carbonyl (C=O) groups is 3. The number of amides is 1. The molecule has 3 atom stereocenters. The molecule has 0 aromatic carbocycles. The predicted octanol–water partition coefficient (Wildman–Crippen LogP) is 1.18. The Kier molecular flexibility index (Phi) is 5.00. The summed E-state index contributed by atoms with van der Waals surface area (Å²) in [4.78, 5) is 37.2. The molecule has 148 valence electrons. The minimum atomic E-state index is -3.90. The Morgan fingerprint density at radius 1 is 1.23 bits per heavy atom. The first kappa shape index (κ1) is 20.8. The minimum absolute atomic E-state index is 0.437. The summed E-state index contributed by atoms with van der Waals surface area (Å²) in [5, 5.41) is -2.51. The summed E-state index contributed by atoms with van der Waals surface area (Å²) in [7, 11) is -3.90. The first-order valence-corrected chi connectivity index (χ1v) is 9.94. The summed E-state index contributed by atoms with van der Waals surface area (Å²) >= 11 is 5.82. The van der Waals surface area contributed by atoms with Gasteiger partial charge < -0.3 is 19.1 Å². The van der Waals surface area contributed by atoms with Crippen molar-refractivity contribution in [2.75, 3.05) is 0 Å². The number of hydrogen-bond acceptors (Lipinski definition) is 8. The van der Waals surface area contributed by atoms with E-state index in [9.17, 15) is 22.8 Å². The largest absolute Gasteiger partial charge is 0.511 e. The maximum atomic E-state index is 12.7. The fraction of sp³-hybridized carbons (Fsp3) is 0.800. The number of halogens is 1. The second kappa shape index (κ2) is 6.26.